The third-order valence-electron chi connectivity index (χ3n) is 4.77. The summed E-state index contributed by atoms with van der Waals surface area (Å²) in [5.74, 6) is -0.366. The first-order valence-corrected chi connectivity index (χ1v) is 13.1. The molecular weight excluding hydrogens is 424 g/mol. The van der Waals surface area contributed by atoms with Gasteiger partial charge in [-0.15, -0.1) is 0 Å². The monoisotopic (exact) mass is 476 g/mol. The van der Waals surface area contributed by atoms with Gasteiger partial charge in [-0.05, 0) is 27.2 Å². The average Bonchev–Trinajstić information content (AvgIpc) is 2.75. The van der Waals surface area contributed by atoms with Gasteiger partial charge in [0, 0.05) is 6.61 Å². The number of hydrogen-bond donors (Lipinski definition) is 0. The quantitative estimate of drug-likeness (QED) is 0.130. The van der Waals surface area contributed by atoms with Gasteiger partial charge in [0.15, 0.2) is 0 Å². The van der Waals surface area contributed by atoms with Crippen LogP contribution >= 0.6 is 0 Å². The second-order valence-corrected chi connectivity index (χ2v) is 9.27. The molecule has 0 aliphatic carbocycles. The first kappa shape index (κ1) is 32.3. The summed E-state index contributed by atoms with van der Waals surface area (Å²) in [6.07, 6.45) is 13.4. The van der Waals surface area contributed by atoms with Gasteiger partial charge in [0.1, 0.15) is 12.2 Å². The summed E-state index contributed by atoms with van der Waals surface area (Å²) in [6, 6.07) is 0. The molecular formula is C26H52O7. The Morgan fingerprint density at radius 3 is 1.30 bits per heavy atom. The molecule has 7 nitrogen and oxygen atoms in total. The molecule has 0 aliphatic heterocycles. The minimum Gasteiger partial charge on any atom is -0.458 e. The Kier molecular flexibility index (Phi) is 23.9. The Bertz CT molecular complexity index is 410. The van der Waals surface area contributed by atoms with Gasteiger partial charge in [0.2, 0.25) is 0 Å². The van der Waals surface area contributed by atoms with Crippen LogP contribution in [-0.2, 0) is 33.2 Å². The minimum absolute atomic E-state index is 0.0581. The third-order valence-corrected chi connectivity index (χ3v) is 4.77. The van der Waals surface area contributed by atoms with Crippen LogP contribution in [0, 0.1) is 0 Å². The maximum Gasteiger partial charge on any atom is 0.332 e. The predicted octanol–water partition coefficient (Wildman–Crippen LogP) is 5.33. The van der Waals surface area contributed by atoms with Gasteiger partial charge < -0.3 is 28.4 Å². The highest BCUT2D eigenvalue weighted by atomic mass is 16.6. The number of unbranched alkanes of at least 4 members (excludes halogenated alkanes) is 9. The molecule has 33 heavy (non-hydrogen) atoms. The highest BCUT2D eigenvalue weighted by molar-refractivity contribution is 5.71. The van der Waals surface area contributed by atoms with Crippen LogP contribution in [0.3, 0.4) is 0 Å². The van der Waals surface area contributed by atoms with Crippen molar-refractivity contribution in [2.75, 3.05) is 66.1 Å². The highest BCUT2D eigenvalue weighted by Crippen LogP contribution is 2.10. The van der Waals surface area contributed by atoms with E-state index in [1.807, 2.05) is 20.8 Å². The van der Waals surface area contributed by atoms with Gasteiger partial charge in [0.25, 0.3) is 0 Å². The zero-order valence-electron chi connectivity index (χ0n) is 22.0. The molecule has 0 bridgehead atoms. The van der Waals surface area contributed by atoms with E-state index in [1.54, 1.807) is 0 Å². The predicted molar refractivity (Wildman–Crippen MR) is 132 cm³/mol. The summed E-state index contributed by atoms with van der Waals surface area (Å²) in [7, 11) is 0. The normalized spacial score (nSPS) is 11.8. The molecule has 0 aromatic heterocycles. The third kappa shape index (κ3) is 29.2. The molecule has 0 saturated heterocycles. The molecule has 0 radical (unpaired) electrons. The number of rotatable bonds is 25. The Morgan fingerprint density at radius 1 is 0.515 bits per heavy atom. The molecule has 0 atom stereocenters. The fourth-order valence-corrected chi connectivity index (χ4v) is 3.10. The zero-order chi connectivity index (χ0) is 24.5. The van der Waals surface area contributed by atoms with Crippen LogP contribution in [0.25, 0.3) is 0 Å². The van der Waals surface area contributed by atoms with Crippen molar-refractivity contribution in [1.82, 2.24) is 0 Å². The molecule has 0 aromatic carbocycles. The molecule has 198 valence electrons. The SMILES string of the molecule is CCCCCCCCCCCCOCCOCCOCCOCCOCC(=O)OC(C)(C)C. The first-order valence-electron chi connectivity index (χ1n) is 13.1. The van der Waals surface area contributed by atoms with Crippen molar-refractivity contribution in [1.29, 1.82) is 0 Å². The zero-order valence-corrected chi connectivity index (χ0v) is 22.0. The fraction of sp³-hybridized carbons (Fsp3) is 0.962. The number of ether oxygens (including phenoxy) is 6. The van der Waals surface area contributed by atoms with Crippen LogP contribution < -0.4 is 0 Å². The van der Waals surface area contributed by atoms with E-state index in [2.05, 4.69) is 6.92 Å². The molecule has 0 saturated carbocycles. The Labute approximate surface area is 203 Å². The molecule has 7 heteroatoms. The second-order valence-electron chi connectivity index (χ2n) is 9.27. The summed E-state index contributed by atoms with van der Waals surface area (Å²) in [6.45, 7) is 12.6. The molecule has 0 heterocycles. The van der Waals surface area contributed by atoms with Gasteiger partial charge in [-0.25, -0.2) is 4.79 Å². The van der Waals surface area contributed by atoms with Crippen molar-refractivity contribution in [2.24, 2.45) is 0 Å². The molecule has 0 rings (SSSR count). The van der Waals surface area contributed by atoms with Crippen LogP contribution in [0.5, 0.6) is 0 Å². The lowest BCUT2D eigenvalue weighted by Crippen LogP contribution is -2.27. The standard InChI is InChI=1S/C26H52O7/c1-5-6-7-8-9-10-11-12-13-14-15-28-16-17-29-18-19-30-20-21-31-22-23-32-24-25(27)33-26(2,3)4/h5-24H2,1-4H3. The van der Waals surface area contributed by atoms with E-state index >= 15 is 0 Å². The molecule has 0 spiro atoms. The molecule has 0 N–H and O–H groups in total. The molecule has 0 aliphatic rings. The Hall–Kier alpha value is -0.730. The van der Waals surface area contributed by atoms with Crippen LogP contribution in [0.2, 0.25) is 0 Å². The van der Waals surface area contributed by atoms with Crippen LogP contribution in [-0.4, -0.2) is 77.6 Å². The van der Waals surface area contributed by atoms with E-state index in [0.717, 1.165) is 13.0 Å². The summed E-state index contributed by atoms with van der Waals surface area (Å²) in [5.41, 5.74) is -0.489. The molecule has 0 aromatic rings. The number of esters is 1. The fourth-order valence-electron chi connectivity index (χ4n) is 3.10. The lowest BCUT2D eigenvalue weighted by atomic mass is 10.1. The van der Waals surface area contributed by atoms with E-state index in [4.69, 9.17) is 28.4 Å². The lowest BCUT2D eigenvalue weighted by molar-refractivity contribution is -0.160. The molecule has 0 unspecified atom stereocenters. The number of carbonyl (C=O) groups is 1. The van der Waals surface area contributed by atoms with Crippen LogP contribution in [0.15, 0.2) is 0 Å². The first-order chi connectivity index (χ1) is 16.0. The number of hydrogen-bond acceptors (Lipinski definition) is 7. The Morgan fingerprint density at radius 2 is 0.879 bits per heavy atom. The smallest absolute Gasteiger partial charge is 0.332 e. The highest BCUT2D eigenvalue weighted by Gasteiger charge is 2.15. The van der Waals surface area contributed by atoms with Gasteiger partial charge in [-0.2, -0.15) is 0 Å². The van der Waals surface area contributed by atoms with Crippen LogP contribution in [0.4, 0.5) is 0 Å². The van der Waals surface area contributed by atoms with E-state index in [1.165, 1.54) is 57.8 Å². The van der Waals surface area contributed by atoms with Crippen molar-refractivity contribution in [2.45, 2.75) is 97.5 Å². The maximum atomic E-state index is 11.5. The Balaban J connectivity index is 3.10. The van der Waals surface area contributed by atoms with E-state index in [0.29, 0.717) is 52.9 Å². The lowest BCUT2D eigenvalue weighted by Gasteiger charge is -2.19. The van der Waals surface area contributed by atoms with Gasteiger partial charge in [-0.1, -0.05) is 64.7 Å². The van der Waals surface area contributed by atoms with E-state index in [9.17, 15) is 4.79 Å². The van der Waals surface area contributed by atoms with Crippen molar-refractivity contribution < 1.29 is 33.2 Å². The molecule has 0 fully saturated rings. The average molecular weight is 477 g/mol. The van der Waals surface area contributed by atoms with Gasteiger partial charge in [0.05, 0.1) is 52.9 Å². The second kappa shape index (κ2) is 24.4. The van der Waals surface area contributed by atoms with E-state index in [-0.39, 0.29) is 12.6 Å². The summed E-state index contributed by atoms with van der Waals surface area (Å²) < 4.78 is 32.3. The summed E-state index contributed by atoms with van der Waals surface area (Å²) >= 11 is 0. The topological polar surface area (TPSA) is 72.5 Å². The van der Waals surface area contributed by atoms with Crippen molar-refractivity contribution in [3.05, 3.63) is 0 Å². The van der Waals surface area contributed by atoms with Gasteiger partial charge >= 0.3 is 5.97 Å². The van der Waals surface area contributed by atoms with Crippen molar-refractivity contribution >= 4 is 5.97 Å². The number of carbonyl (C=O) groups excluding carboxylic acids is 1. The minimum atomic E-state index is -0.489. The maximum absolute atomic E-state index is 11.5. The van der Waals surface area contributed by atoms with Crippen molar-refractivity contribution in [3.63, 3.8) is 0 Å². The van der Waals surface area contributed by atoms with Crippen molar-refractivity contribution in [3.8, 4) is 0 Å². The van der Waals surface area contributed by atoms with Crippen LogP contribution in [0.1, 0.15) is 91.9 Å². The largest absolute Gasteiger partial charge is 0.458 e. The summed E-state index contributed by atoms with van der Waals surface area (Å²) in [4.78, 5) is 11.5. The summed E-state index contributed by atoms with van der Waals surface area (Å²) in [5, 5.41) is 0. The van der Waals surface area contributed by atoms with E-state index < -0.39 is 5.60 Å². The van der Waals surface area contributed by atoms with Gasteiger partial charge in [-0.3, -0.25) is 0 Å². The molecule has 0 amide bonds.